The molecule has 1 aromatic rings. The van der Waals surface area contributed by atoms with E-state index in [1.54, 1.807) is 44.1 Å². The SMILES string of the molecule is COc1ccc(Cl)c(NC(=O)N2CCCC2C(C)(C)O)c1. The van der Waals surface area contributed by atoms with Crippen LogP contribution in [-0.2, 0) is 0 Å². The average molecular weight is 313 g/mol. The molecule has 1 aromatic carbocycles. The second-order valence-corrected chi connectivity index (χ2v) is 6.19. The molecule has 21 heavy (non-hydrogen) atoms. The molecule has 6 heteroatoms. The van der Waals surface area contributed by atoms with Crippen molar-refractivity contribution in [3.63, 3.8) is 0 Å². The number of halogens is 1. The van der Waals surface area contributed by atoms with Gasteiger partial charge in [-0.25, -0.2) is 4.79 Å². The Bertz CT molecular complexity index is 528. The molecule has 0 aliphatic carbocycles. The van der Waals surface area contributed by atoms with Gasteiger partial charge in [-0.05, 0) is 38.8 Å². The third kappa shape index (κ3) is 3.60. The molecule has 1 fully saturated rings. The minimum absolute atomic E-state index is 0.193. The normalized spacial score (nSPS) is 18.7. The number of carbonyl (C=O) groups excluding carboxylic acids is 1. The van der Waals surface area contributed by atoms with Crippen molar-refractivity contribution in [1.29, 1.82) is 0 Å². The zero-order valence-corrected chi connectivity index (χ0v) is 13.3. The smallest absolute Gasteiger partial charge is 0.322 e. The largest absolute Gasteiger partial charge is 0.497 e. The number of nitrogens with one attached hydrogen (secondary N) is 1. The monoisotopic (exact) mass is 312 g/mol. The summed E-state index contributed by atoms with van der Waals surface area (Å²) in [6.45, 7) is 4.08. The first kappa shape index (κ1) is 15.9. The van der Waals surface area contributed by atoms with Crippen LogP contribution in [0.4, 0.5) is 10.5 Å². The molecule has 0 spiro atoms. The fourth-order valence-corrected chi connectivity index (χ4v) is 2.82. The summed E-state index contributed by atoms with van der Waals surface area (Å²) in [6.07, 6.45) is 1.68. The molecule has 0 aromatic heterocycles. The Morgan fingerprint density at radius 1 is 1.52 bits per heavy atom. The van der Waals surface area contributed by atoms with Gasteiger partial charge in [0.05, 0.1) is 29.5 Å². The third-order valence-corrected chi connectivity index (χ3v) is 4.07. The van der Waals surface area contributed by atoms with Gasteiger partial charge in [0.25, 0.3) is 0 Å². The van der Waals surface area contributed by atoms with Gasteiger partial charge in [0, 0.05) is 12.6 Å². The minimum Gasteiger partial charge on any atom is -0.497 e. The van der Waals surface area contributed by atoms with E-state index in [9.17, 15) is 9.90 Å². The van der Waals surface area contributed by atoms with Gasteiger partial charge in [-0.2, -0.15) is 0 Å². The van der Waals surface area contributed by atoms with Crippen molar-refractivity contribution >= 4 is 23.3 Å². The highest BCUT2D eigenvalue weighted by Crippen LogP contribution is 2.30. The van der Waals surface area contributed by atoms with Crippen LogP contribution >= 0.6 is 11.6 Å². The van der Waals surface area contributed by atoms with Crippen LogP contribution in [0.3, 0.4) is 0 Å². The Labute approximate surface area is 129 Å². The molecule has 2 rings (SSSR count). The summed E-state index contributed by atoms with van der Waals surface area (Å²) >= 11 is 6.09. The maximum atomic E-state index is 12.4. The summed E-state index contributed by atoms with van der Waals surface area (Å²) in [5, 5.41) is 13.4. The van der Waals surface area contributed by atoms with E-state index in [-0.39, 0.29) is 12.1 Å². The summed E-state index contributed by atoms with van der Waals surface area (Å²) in [5.74, 6) is 0.621. The first-order valence-corrected chi connectivity index (χ1v) is 7.34. The van der Waals surface area contributed by atoms with Gasteiger partial charge in [-0.15, -0.1) is 0 Å². The topological polar surface area (TPSA) is 61.8 Å². The lowest BCUT2D eigenvalue weighted by Crippen LogP contribution is -2.49. The van der Waals surface area contributed by atoms with Crippen LogP contribution in [0.15, 0.2) is 18.2 Å². The lowest BCUT2D eigenvalue weighted by Gasteiger charge is -2.33. The molecule has 1 aliphatic heterocycles. The maximum Gasteiger partial charge on any atom is 0.322 e. The standard InChI is InChI=1S/C15H21ClN2O3/c1-15(2,20)13-5-4-8-18(13)14(19)17-12-9-10(21-3)6-7-11(12)16/h6-7,9,13,20H,4-5,8H2,1-3H3,(H,17,19). The lowest BCUT2D eigenvalue weighted by molar-refractivity contribution is 0.0117. The fourth-order valence-electron chi connectivity index (χ4n) is 2.66. The lowest BCUT2D eigenvalue weighted by atomic mass is 9.97. The van der Waals surface area contributed by atoms with Crippen LogP contribution in [-0.4, -0.2) is 41.3 Å². The van der Waals surface area contributed by atoms with E-state index in [2.05, 4.69) is 5.32 Å². The zero-order chi connectivity index (χ0) is 15.6. The van der Waals surface area contributed by atoms with Gasteiger partial charge >= 0.3 is 6.03 Å². The van der Waals surface area contributed by atoms with E-state index >= 15 is 0 Å². The van der Waals surface area contributed by atoms with Gasteiger partial charge in [0.15, 0.2) is 0 Å². The highest BCUT2D eigenvalue weighted by Gasteiger charge is 2.38. The van der Waals surface area contributed by atoms with Crippen LogP contribution < -0.4 is 10.1 Å². The summed E-state index contributed by atoms with van der Waals surface area (Å²) in [5.41, 5.74) is -0.422. The third-order valence-electron chi connectivity index (χ3n) is 3.74. The quantitative estimate of drug-likeness (QED) is 0.901. The Morgan fingerprint density at radius 3 is 2.86 bits per heavy atom. The summed E-state index contributed by atoms with van der Waals surface area (Å²) in [6, 6.07) is 4.63. The molecule has 116 valence electrons. The van der Waals surface area contributed by atoms with Crippen molar-refractivity contribution in [3.8, 4) is 5.75 Å². The first-order valence-electron chi connectivity index (χ1n) is 6.96. The van der Waals surface area contributed by atoms with Crippen molar-refractivity contribution in [2.24, 2.45) is 0 Å². The van der Waals surface area contributed by atoms with E-state index in [1.165, 1.54) is 0 Å². The molecular formula is C15H21ClN2O3. The minimum atomic E-state index is -0.925. The van der Waals surface area contributed by atoms with E-state index in [0.717, 1.165) is 12.8 Å². The number of likely N-dealkylation sites (tertiary alicyclic amines) is 1. The number of amides is 2. The highest BCUT2D eigenvalue weighted by atomic mass is 35.5. The predicted octanol–water partition coefficient (Wildman–Crippen LogP) is 3.12. The van der Waals surface area contributed by atoms with Crippen LogP contribution in [0.5, 0.6) is 5.75 Å². The average Bonchev–Trinajstić information content (AvgIpc) is 2.90. The van der Waals surface area contributed by atoms with Crippen molar-refractivity contribution in [2.75, 3.05) is 19.0 Å². The zero-order valence-electron chi connectivity index (χ0n) is 12.5. The number of rotatable bonds is 3. The number of nitrogens with zero attached hydrogens (tertiary/aromatic N) is 1. The molecule has 5 nitrogen and oxygen atoms in total. The molecule has 0 saturated carbocycles. The molecule has 0 radical (unpaired) electrons. The summed E-state index contributed by atoms with van der Waals surface area (Å²) in [7, 11) is 1.56. The van der Waals surface area contributed by atoms with Crippen LogP contribution in [0.1, 0.15) is 26.7 Å². The van der Waals surface area contributed by atoms with Crippen LogP contribution in [0, 0.1) is 0 Å². The van der Waals surface area contributed by atoms with E-state index in [0.29, 0.717) is 23.0 Å². The molecular weight excluding hydrogens is 292 g/mol. The Balaban J connectivity index is 2.14. The maximum absolute atomic E-state index is 12.4. The van der Waals surface area contributed by atoms with E-state index < -0.39 is 5.60 Å². The fraction of sp³-hybridized carbons (Fsp3) is 0.533. The van der Waals surface area contributed by atoms with Crippen LogP contribution in [0.2, 0.25) is 5.02 Å². The summed E-state index contributed by atoms with van der Waals surface area (Å²) < 4.78 is 5.13. The van der Waals surface area contributed by atoms with Gasteiger partial charge in [-0.1, -0.05) is 11.6 Å². The van der Waals surface area contributed by atoms with Gasteiger partial charge in [-0.3, -0.25) is 0 Å². The number of carbonyl (C=O) groups is 1. The first-order chi connectivity index (χ1) is 9.82. The van der Waals surface area contributed by atoms with Crippen molar-refractivity contribution < 1.29 is 14.6 Å². The Morgan fingerprint density at radius 2 is 2.24 bits per heavy atom. The molecule has 2 amide bonds. The second-order valence-electron chi connectivity index (χ2n) is 5.78. The summed E-state index contributed by atoms with van der Waals surface area (Å²) in [4.78, 5) is 14.1. The number of benzene rings is 1. The molecule has 2 N–H and O–H groups in total. The number of methoxy groups -OCH3 is 1. The number of ether oxygens (including phenoxy) is 1. The van der Waals surface area contributed by atoms with E-state index in [4.69, 9.17) is 16.3 Å². The Hall–Kier alpha value is -1.46. The van der Waals surface area contributed by atoms with Crippen molar-refractivity contribution in [2.45, 2.75) is 38.3 Å². The van der Waals surface area contributed by atoms with Gasteiger partial charge < -0.3 is 20.1 Å². The van der Waals surface area contributed by atoms with Crippen molar-refractivity contribution in [3.05, 3.63) is 23.2 Å². The number of urea groups is 1. The number of aliphatic hydroxyl groups is 1. The number of anilines is 1. The van der Waals surface area contributed by atoms with Crippen LogP contribution in [0.25, 0.3) is 0 Å². The van der Waals surface area contributed by atoms with E-state index in [1.807, 2.05) is 0 Å². The molecule has 1 atom stereocenters. The highest BCUT2D eigenvalue weighted by molar-refractivity contribution is 6.33. The number of hydrogen-bond acceptors (Lipinski definition) is 3. The molecule has 1 unspecified atom stereocenters. The van der Waals surface area contributed by atoms with Gasteiger partial charge in [0.1, 0.15) is 5.75 Å². The molecule has 1 saturated heterocycles. The second kappa shape index (κ2) is 6.12. The molecule has 1 aliphatic rings. The van der Waals surface area contributed by atoms with Gasteiger partial charge in [0.2, 0.25) is 0 Å². The van der Waals surface area contributed by atoms with Crippen molar-refractivity contribution in [1.82, 2.24) is 4.90 Å². The predicted molar refractivity (Wildman–Crippen MR) is 83.0 cm³/mol. The molecule has 0 bridgehead atoms. The number of hydrogen-bond donors (Lipinski definition) is 2. The Kier molecular flexibility index (Phi) is 4.64. The molecule has 1 heterocycles.